The molecule has 3 rings (SSSR count). The quantitative estimate of drug-likeness (QED) is 0.813. The Balaban J connectivity index is 1.83. The molecule has 2 amide bonds. The number of imidazole rings is 1. The molecule has 0 aliphatic carbocycles. The van der Waals surface area contributed by atoms with Gasteiger partial charge in [0.2, 0.25) is 0 Å². The van der Waals surface area contributed by atoms with Gasteiger partial charge in [0.25, 0.3) is 11.8 Å². The van der Waals surface area contributed by atoms with E-state index in [4.69, 9.17) is 0 Å². The normalized spacial score (nSPS) is 13.7. The topological polar surface area (TPSA) is 76.0 Å². The van der Waals surface area contributed by atoms with E-state index in [1.807, 2.05) is 6.92 Å². The number of aromatic nitrogens is 2. The molecule has 2 aromatic rings. The molecule has 0 bridgehead atoms. The third kappa shape index (κ3) is 4.18. The Bertz CT molecular complexity index is 873. The summed E-state index contributed by atoms with van der Waals surface area (Å²) in [6, 6.07) is 4.19. The van der Waals surface area contributed by atoms with Gasteiger partial charge in [-0.3, -0.25) is 9.59 Å². The predicted octanol–water partition coefficient (Wildman–Crippen LogP) is 3.63. The monoisotopic (exact) mass is 394 g/mol. The van der Waals surface area contributed by atoms with E-state index in [0.717, 1.165) is 37.1 Å². The van der Waals surface area contributed by atoms with Crippen LogP contribution < -0.4 is 10.6 Å². The standard InChI is InChI=1S/C19H21F3N4O2/c1-2-10-23-17(27)15-14-5-3-4-11-26(14)16(25-15)18(28)24-13-8-6-12(7-9-13)19(20,21)22/h6-9H,2-5,10-11H2,1H3,(H,23,27)(H,24,28). The number of alkyl halides is 3. The number of carbonyl (C=O) groups is 2. The van der Waals surface area contributed by atoms with Crippen LogP contribution in [0.1, 0.15) is 58.6 Å². The van der Waals surface area contributed by atoms with E-state index in [1.54, 1.807) is 4.57 Å². The van der Waals surface area contributed by atoms with Crippen LogP contribution in [0.15, 0.2) is 24.3 Å². The van der Waals surface area contributed by atoms with E-state index in [1.165, 1.54) is 12.1 Å². The molecule has 150 valence electrons. The van der Waals surface area contributed by atoms with E-state index in [-0.39, 0.29) is 23.1 Å². The number of benzene rings is 1. The number of hydrogen-bond acceptors (Lipinski definition) is 3. The highest BCUT2D eigenvalue weighted by Gasteiger charge is 2.30. The number of carbonyl (C=O) groups excluding carboxylic acids is 2. The molecule has 2 heterocycles. The van der Waals surface area contributed by atoms with Crippen molar-refractivity contribution < 1.29 is 22.8 Å². The van der Waals surface area contributed by atoms with Crippen molar-refractivity contribution in [2.45, 2.75) is 45.3 Å². The second-order valence-corrected chi connectivity index (χ2v) is 6.62. The van der Waals surface area contributed by atoms with Crippen molar-refractivity contribution in [2.75, 3.05) is 11.9 Å². The van der Waals surface area contributed by atoms with E-state index >= 15 is 0 Å². The molecule has 0 radical (unpaired) electrons. The van der Waals surface area contributed by atoms with Gasteiger partial charge in [0.05, 0.1) is 11.3 Å². The summed E-state index contributed by atoms with van der Waals surface area (Å²) in [5.74, 6) is -0.783. The molecule has 0 spiro atoms. The maximum Gasteiger partial charge on any atom is 0.416 e. The fraction of sp³-hybridized carbons (Fsp3) is 0.421. The summed E-state index contributed by atoms with van der Waals surface area (Å²) >= 11 is 0. The van der Waals surface area contributed by atoms with Crippen LogP contribution in [-0.2, 0) is 19.1 Å². The number of amides is 2. The lowest BCUT2D eigenvalue weighted by Crippen LogP contribution is -2.26. The second-order valence-electron chi connectivity index (χ2n) is 6.62. The van der Waals surface area contributed by atoms with Gasteiger partial charge in [-0.05, 0) is 49.9 Å². The fourth-order valence-corrected chi connectivity index (χ4v) is 3.15. The first-order valence-electron chi connectivity index (χ1n) is 9.17. The van der Waals surface area contributed by atoms with Gasteiger partial charge in [-0.1, -0.05) is 6.92 Å². The molecule has 9 heteroatoms. The number of rotatable bonds is 5. The summed E-state index contributed by atoms with van der Waals surface area (Å²) in [5, 5.41) is 5.33. The van der Waals surface area contributed by atoms with Gasteiger partial charge < -0.3 is 15.2 Å². The Hall–Kier alpha value is -2.84. The zero-order valence-electron chi connectivity index (χ0n) is 15.4. The SMILES string of the molecule is CCCNC(=O)c1nc(C(=O)Nc2ccc(C(F)(F)F)cc2)n2c1CCCC2. The predicted molar refractivity (Wildman–Crippen MR) is 97.2 cm³/mol. The van der Waals surface area contributed by atoms with Crippen LogP contribution in [0.2, 0.25) is 0 Å². The molecule has 1 aromatic carbocycles. The van der Waals surface area contributed by atoms with Crippen molar-refractivity contribution in [1.82, 2.24) is 14.9 Å². The van der Waals surface area contributed by atoms with Crippen molar-refractivity contribution in [3.8, 4) is 0 Å². The molecule has 0 unspecified atom stereocenters. The molecular formula is C19H21F3N4O2. The first kappa shape index (κ1) is 19.9. The summed E-state index contributed by atoms with van der Waals surface area (Å²) in [6.07, 6.45) is -1.25. The van der Waals surface area contributed by atoms with Crippen LogP contribution in [-0.4, -0.2) is 27.9 Å². The minimum Gasteiger partial charge on any atom is -0.351 e. The third-order valence-corrected chi connectivity index (χ3v) is 4.54. The Kier molecular flexibility index (Phi) is 5.71. The Morgan fingerprint density at radius 2 is 1.86 bits per heavy atom. The molecule has 0 fully saturated rings. The van der Waals surface area contributed by atoms with Gasteiger partial charge >= 0.3 is 6.18 Å². The van der Waals surface area contributed by atoms with Crippen LogP contribution in [0.25, 0.3) is 0 Å². The molecule has 1 aliphatic rings. The Morgan fingerprint density at radius 3 is 2.50 bits per heavy atom. The van der Waals surface area contributed by atoms with E-state index < -0.39 is 17.6 Å². The smallest absolute Gasteiger partial charge is 0.351 e. The number of hydrogen-bond donors (Lipinski definition) is 2. The van der Waals surface area contributed by atoms with Crippen molar-refractivity contribution >= 4 is 17.5 Å². The Labute approximate surface area is 160 Å². The molecule has 0 atom stereocenters. The number of anilines is 1. The molecule has 0 saturated carbocycles. The molecule has 0 saturated heterocycles. The number of nitrogens with zero attached hydrogens (tertiary/aromatic N) is 2. The van der Waals surface area contributed by atoms with Crippen LogP contribution in [0, 0.1) is 0 Å². The highest BCUT2D eigenvalue weighted by atomic mass is 19.4. The summed E-state index contributed by atoms with van der Waals surface area (Å²) in [5.41, 5.74) is 0.393. The van der Waals surface area contributed by atoms with Crippen molar-refractivity contribution in [3.63, 3.8) is 0 Å². The first-order chi connectivity index (χ1) is 13.3. The number of fused-ring (bicyclic) bond motifs is 1. The number of nitrogens with one attached hydrogen (secondary N) is 2. The molecule has 2 N–H and O–H groups in total. The van der Waals surface area contributed by atoms with E-state index in [2.05, 4.69) is 15.6 Å². The van der Waals surface area contributed by atoms with Gasteiger partial charge in [-0.2, -0.15) is 13.2 Å². The maximum atomic E-state index is 12.7. The molecule has 6 nitrogen and oxygen atoms in total. The van der Waals surface area contributed by atoms with Crippen LogP contribution >= 0.6 is 0 Å². The minimum absolute atomic E-state index is 0.0937. The molecule has 1 aromatic heterocycles. The highest BCUT2D eigenvalue weighted by Crippen LogP contribution is 2.30. The van der Waals surface area contributed by atoms with Gasteiger partial charge in [0.1, 0.15) is 5.69 Å². The maximum absolute atomic E-state index is 12.7. The lowest BCUT2D eigenvalue weighted by molar-refractivity contribution is -0.137. The summed E-state index contributed by atoms with van der Waals surface area (Å²) in [4.78, 5) is 29.3. The van der Waals surface area contributed by atoms with Gasteiger partial charge in [0, 0.05) is 18.8 Å². The summed E-state index contributed by atoms with van der Waals surface area (Å²) in [7, 11) is 0. The lowest BCUT2D eigenvalue weighted by Gasteiger charge is -2.17. The first-order valence-corrected chi connectivity index (χ1v) is 9.17. The average molecular weight is 394 g/mol. The summed E-state index contributed by atoms with van der Waals surface area (Å²) < 4.78 is 39.7. The lowest BCUT2D eigenvalue weighted by atomic mass is 10.1. The zero-order valence-corrected chi connectivity index (χ0v) is 15.4. The highest BCUT2D eigenvalue weighted by molar-refractivity contribution is 6.03. The zero-order chi connectivity index (χ0) is 20.3. The van der Waals surface area contributed by atoms with Crippen molar-refractivity contribution in [1.29, 1.82) is 0 Å². The minimum atomic E-state index is -4.44. The fourth-order valence-electron chi connectivity index (χ4n) is 3.15. The van der Waals surface area contributed by atoms with Crippen LogP contribution in [0.3, 0.4) is 0 Å². The Morgan fingerprint density at radius 1 is 1.14 bits per heavy atom. The average Bonchev–Trinajstić information content (AvgIpc) is 3.06. The van der Waals surface area contributed by atoms with Crippen LogP contribution in [0.4, 0.5) is 18.9 Å². The van der Waals surface area contributed by atoms with Gasteiger partial charge in [0.15, 0.2) is 5.82 Å². The van der Waals surface area contributed by atoms with Crippen LogP contribution in [0.5, 0.6) is 0 Å². The largest absolute Gasteiger partial charge is 0.416 e. The van der Waals surface area contributed by atoms with Gasteiger partial charge in [-0.15, -0.1) is 0 Å². The molecular weight excluding hydrogens is 373 g/mol. The second kappa shape index (κ2) is 8.04. The summed E-state index contributed by atoms with van der Waals surface area (Å²) in [6.45, 7) is 3.02. The molecule has 1 aliphatic heterocycles. The molecule has 28 heavy (non-hydrogen) atoms. The van der Waals surface area contributed by atoms with Gasteiger partial charge in [-0.25, -0.2) is 4.98 Å². The number of halogens is 3. The van der Waals surface area contributed by atoms with Crippen molar-refractivity contribution in [2.24, 2.45) is 0 Å². The van der Waals surface area contributed by atoms with Crippen molar-refractivity contribution in [3.05, 3.63) is 47.0 Å². The van der Waals surface area contributed by atoms with E-state index in [9.17, 15) is 22.8 Å². The van der Waals surface area contributed by atoms with E-state index in [0.29, 0.717) is 19.5 Å². The third-order valence-electron chi connectivity index (χ3n) is 4.54.